The Balaban J connectivity index is 0.000000782. The largest absolute Gasteiger partial charge is 0.493 e. The molecule has 0 radical (unpaired) electrons. The van der Waals surface area contributed by atoms with E-state index < -0.39 is 35.0 Å². The second-order valence-corrected chi connectivity index (χ2v) is 9.67. The van der Waals surface area contributed by atoms with Crippen LogP contribution in [-0.2, 0) is 19.6 Å². The Bertz CT molecular complexity index is 1490. The van der Waals surface area contributed by atoms with Crippen LogP contribution in [-0.4, -0.2) is 82.9 Å². The molecular weight excluding hydrogens is 606 g/mol. The maximum Gasteiger partial charge on any atom is 0.490 e. The quantitative estimate of drug-likeness (QED) is 0.209. The van der Waals surface area contributed by atoms with E-state index in [2.05, 4.69) is 20.0 Å². The number of fused-ring (bicyclic) bond motifs is 1. The third-order valence-electron chi connectivity index (χ3n) is 4.88. The van der Waals surface area contributed by atoms with Gasteiger partial charge in [0.1, 0.15) is 24.5 Å². The number of methoxy groups -OCH3 is 2. The van der Waals surface area contributed by atoms with Gasteiger partial charge >= 0.3 is 18.3 Å². The van der Waals surface area contributed by atoms with E-state index in [1.54, 1.807) is 12.1 Å². The molecule has 12 nitrogen and oxygen atoms in total. The first-order chi connectivity index (χ1) is 19.5. The predicted octanol–water partition coefficient (Wildman–Crippen LogP) is 3.89. The maximum atomic E-state index is 12.8. The summed E-state index contributed by atoms with van der Waals surface area (Å²) in [7, 11) is 0.303. The van der Waals surface area contributed by atoms with E-state index in [4.69, 9.17) is 28.8 Å². The van der Waals surface area contributed by atoms with Crippen LogP contribution < -0.4 is 24.2 Å². The summed E-state index contributed by atoms with van der Waals surface area (Å²) in [5.41, 5.74) is 0.387. The number of hydrogen-bond acceptors (Lipinski definition) is 10. The van der Waals surface area contributed by atoms with E-state index in [9.17, 15) is 34.8 Å². The Kier molecular flexibility index (Phi) is 11.5. The van der Waals surface area contributed by atoms with Gasteiger partial charge < -0.3 is 29.4 Å². The van der Waals surface area contributed by atoms with Crippen LogP contribution in [0.3, 0.4) is 0 Å². The first-order valence-corrected chi connectivity index (χ1v) is 12.8. The highest BCUT2D eigenvalue weighted by atomic mass is 32.2. The van der Waals surface area contributed by atoms with Crippen LogP contribution in [0.1, 0.15) is 0 Å². The molecule has 3 N–H and O–H groups in total. The molecule has 3 aromatic rings. The molecule has 0 unspecified atom stereocenters. The van der Waals surface area contributed by atoms with Crippen molar-refractivity contribution in [2.24, 2.45) is 0 Å². The number of carboxylic acid groups (broad SMARTS) is 1. The number of carboxylic acids is 1. The lowest BCUT2D eigenvalue weighted by molar-refractivity contribution is -0.192. The number of aromatic nitrogens is 2. The molecule has 0 aliphatic carbocycles. The van der Waals surface area contributed by atoms with Crippen molar-refractivity contribution in [1.82, 2.24) is 14.7 Å². The van der Waals surface area contributed by atoms with Crippen LogP contribution in [0.4, 0.5) is 37.8 Å². The lowest BCUT2D eigenvalue weighted by Gasteiger charge is -2.17. The lowest BCUT2D eigenvalue weighted by atomic mass is 10.2. The monoisotopic (exact) mass is 630 g/mol. The van der Waals surface area contributed by atoms with Gasteiger partial charge in [-0.05, 0) is 31.3 Å². The zero-order valence-electron chi connectivity index (χ0n) is 22.0. The second kappa shape index (κ2) is 14.2. The average Bonchev–Trinajstić information content (AvgIpc) is 2.91. The Morgan fingerprint density at radius 2 is 1.62 bits per heavy atom. The Morgan fingerprint density at radius 3 is 2.17 bits per heavy atom. The number of sulfonamides is 1. The number of benzene rings is 2. The van der Waals surface area contributed by atoms with Crippen LogP contribution in [0.15, 0.2) is 41.6 Å². The summed E-state index contributed by atoms with van der Waals surface area (Å²) in [6, 6.07) is 6.60. The number of nitrogens with one attached hydrogen (secondary N) is 2. The summed E-state index contributed by atoms with van der Waals surface area (Å²) in [5.74, 6) is -2.06. The molecule has 1 heterocycles. The molecule has 19 heteroatoms. The van der Waals surface area contributed by atoms with Gasteiger partial charge in [-0.25, -0.2) is 27.9 Å². The zero-order valence-corrected chi connectivity index (χ0v) is 22.8. The first-order valence-electron chi connectivity index (χ1n) is 11.3. The molecular formula is C23H24F6N4O8S. The molecule has 0 amide bonds. The van der Waals surface area contributed by atoms with Crippen LogP contribution >= 0.6 is 0 Å². The van der Waals surface area contributed by atoms with Gasteiger partial charge in [-0.15, -0.1) is 0 Å². The van der Waals surface area contributed by atoms with Crippen molar-refractivity contribution < 1.29 is 63.6 Å². The Morgan fingerprint density at radius 1 is 0.952 bits per heavy atom. The third kappa shape index (κ3) is 9.77. The van der Waals surface area contributed by atoms with Gasteiger partial charge in [0, 0.05) is 18.6 Å². The number of rotatable bonds is 11. The highest BCUT2D eigenvalue weighted by Crippen LogP contribution is 2.37. The number of halogens is 6. The summed E-state index contributed by atoms with van der Waals surface area (Å²) < 4.78 is 118. The van der Waals surface area contributed by atoms with E-state index in [0.717, 1.165) is 18.2 Å². The smallest absolute Gasteiger partial charge is 0.490 e. The normalized spacial score (nSPS) is 11.8. The fourth-order valence-corrected chi connectivity index (χ4v) is 3.73. The van der Waals surface area contributed by atoms with Gasteiger partial charge in [-0.2, -0.15) is 26.3 Å². The summed E-state index contributed by atoms with van der Waals surface area (Å²) in [4.78, 5) is 17.1. The van der Waals surface area contributed by atoms with Crippen molar-refractivity contribution in [2.45, 2.75) is 17.2 Å². The van der Waals surface area contributed by atoms with E-state index >= 15 is 0 Å². The summed E-state index contributed by atoms with van der Waals surface area (Å²) in [5, 5.41) is 10.4. The molecule has 42 heavy (non-hydrogen) atoms. The molecule has 0 fully saturated rings. The molecule has 0 saturated carbocycles. The van der Waals surface area contributed by atoms with Crippen LogP contribution in [0, 0.1) is 0 Å². The fourth-order valence-electron chi connectivity index (χ4n) is 2.98. The Labute approximate surface area is 234 Å². The van der Waals surface area contributed by atoms with E-state index in [0.29, 0.717) is 29.0 Å². The summed E-state index contributed by atoms with van der Waals surface area (Å²) in [6.07, 6.45) is -8.44. The average molecular weight is 631 g/mol. The zero-order chi connectivity index (χ0) is 31.7. The van der Waals surface area contributed by atoms with Crippen LogP contribution in [0.25, 0.3) is 10.9 Å². The maximum absolute atomic E-state index is 12.8. The van der Waals surface area contributed by atoms with Gasteiger partial charge in [0.05, 0.1) is 29.8 Å². The van der Waals surface area contributed by atoms with Crippen molar-refractivity contribution in [1.29, 1.82) is 0 Å². The number of ether oxygens (including phenoxy) is 4. The minimum Gasteiger partial charge on any atom is -0.493 e. The predicted molar refractivity (Wildman–Crippen MR) is 135 cm³/mol. The molecule has 0 spiro atoms. The molecule has 0 saturated heterocycles. The highest BCUT2D eigenvalue weighted by Gasteiger charge is 2.38. The number of hydrogen-bond donors (Lipinski definition) is 3. The van der Waals surface area contributed by atoms with Crippen molar-refractivity contribution >= 4 is 38.4 Å². The standard InChI is InChI=1S/C21H23F3N4O6S.C2HF3O2/c1-25-35(29,30)13-4-5-17(34-11-21(22,23)24)16(8-13)28-20-14-9-18(32-3)19(33-7-6-31-2)10-15(14)26-12-27-20;3-2(4,5)1(6)7/h4-5,8-10,12,25H,6-7,11H2,1-3H3,(H,26,27,28);(H,6,7). The number of alkyl halides is 6. The number of nitrogens with zero attached hydrogens (tertiary/aromatic N) is 2. The molecule has 0 bridgehead atoms. The van der Waals surface area contributed by atoms with Gasteiger partial charge in [0.15, 0.2) is 18.1 Å². The number of carbonyl (C=O) groups is 1. The van der Waals surface area contributed by atoms with Gasteiger partial charge in [0.2, 0.25) is 10.0 Å². The van der Waals surface area contributed by atoms with Crippen LogP contribution in [0.2, 0.25) is 0 Å². The molecule has 3 rings (SSSR count). The van der Waals surface area contributed by atoms with Gasteiger partial charge in [-0.1, -0.05) is 0 Å². The van der Waals surface area contributed by atoms with Crippen molar-refractivity contribution in [3.63, 3.8) is 0 Å². The molecule has 232 valence electrons. The minimum absolute atomic E-state index is 0.0510. The molecule has 1 aromatic heterocycles. The lowest BCUT2D eigenvalue weighted by Crippen LogP contribution is -2.21. The van der Waals surface area contributed by atoms with Crippen molar-refractivity contribution in [3.05, 3.63) is 36.7 Å². The fraction of sp³-hybridized carbons (Fsp3) is 0.348. The van der Waals surface area contributed by atoms with Crippen LogP contribution in [0.5, 0.6) is 17.2 Å². The first kappa shape index (κ1) is 34.1. The van der Waals surface area contributed by atoms with E-state index in [1.165, 1.54) is 27.6 Å². The topological polar surface area (TPSA) is 158 Å². The number of anilines is 2. The Hall–Kier alpha value is -4.10. The number of aliphatic carboxylic acids is 1. The van der Waals surface area contributed by atoms with Gasteiger partial charge in [0.25, 0.3) is 0 Å². The summed E-state index contributed by atoms with van der Waals surface area (Å²) >= 11 is 0. The van der Waals surface area contributed by atoms with E-state index in [1.807, 2.05) is 0 Å². The molecule has 0 aliphatic rings. The highest BCUT2D eigenvalue weighted by molar-refractivity contribution is 7.89. The second-order valence-electron chi connectivity index (χ2n) is 7.78. The molecule has 0 atom stereocenters. The third-order valence-corrected chi connectivity index (χ3v) is 6.29. The van der Waals surface area contributed by atoms with E-state index in [-0.39, 0.29) is 28.8 Å². The SMILES string of the molecule is CNS(=O)(=O)c1ccc(OCC(F)(F)F)c(Nc2ncnc3cc(OCCOC)c(OC)cc23)c1.O=C(O)C(F)(F)F. The minimum atomic E-state index is -5.08. The molecule has 0 aliphatic heterocycles. The summed E-state index contributed by atoms with van der Waals surface area (Å²) in [6.45, 7) is -0.953. The van der Waals surface area contributed by atoms with Crippen molar-refractivity contribution in [3.8, 4) is 17.2 Å². The van der Waals surface area contributed by atoms with Gasteiger partial charge in [-0.3, -0.25) is 0 Å². The molecule has 2 aromatic carbocycles. The van der Waals surface area contributed by atoms with Crippen molar-refractivity contribution in [2.75, 3.05) is 46.4 Å².